The van der Waals surface area contributed by atoms with Gasteiger partial charge in [-0.2, -0.15) is 5.10 Å². The zero-order valence-corrected chi connectivity index (χ0v) is 17.1. The van der Waals surface area contributed by atoms with Crippen molar-refractivity contribution in [3.63, 3.8) is 0 Å². The molecule has 4 aromatic rings. The van der Waals surface area contributed by atoms with Gasteiger partial charge in [-0.3, -0.25) is 9.58 Å². The molecule has 28 heavy (non-hydrogen) atoms. The molecule has 0 saturated heterocycles. The van der Waals surface area contributed by atoms with Gasteiger partial charge in [-0.05, 0) is 60.7 Å². The summed E-state index contributed by atoms with van der Waals surface area (Å²) in [5.74, 6) is 0. The van der Waals surface area contributed by atoms with E-state index in [2.05, 4.69) is 64.5 Å². The Hall–Kier alpha value is -2.50. The van der Waals surface area contributed by atoms with Gasteiger partial charge in [-0.15, -0.1) is 11.3 Å². The van der Waals surface area contributed by atoms with E-state index in [1.54, 1.807) is 11.3 Å². The largest absolute Gasteiger partial charge is 0.292 e. The first kappa shape index (κ1) is 17.6. The van der Waals surface area contributed by atoms with Crippen molar-refractivity contribution in [3.05, 3.63) is 71.0 Å². The molecule has 3 heterocycles. The van der Waals surface area contributed by atoms with Crippen molar-refractivity contribution in [3.8, 4) is 11.1 Å². The van der Waals surface area contributed by atoms with E-state index in [4.69, 9.17) is 0 Å². The van der Waals surface area contributed by atoms with E-state index in [0.29, 0.717) is 6.04 Å². The second kappa shape index (κ2) is 7.15. The summed E-state index contributed by atoms with van der Waals surface area (Å²) in [6.07, 6.45) is 6.35. The van der Waals surface area contributed by atoms with E-state index in [9.17, 15) is 0 Å². The average molecular weight is 389 g/mol. The maximum Gasteiger partial charge on any atom is 0.0815 e. The van der Waals surface area contributed by atoms with Crippen molar-refractivity contribution < 1.29 is 0 Å². The van der Waals surface area contributed by atoms with Crippen molar-refractivity contribution >= 4 is 21.6 Å². The van der Waals surface area contributed by atoms with Gasteiger partial charge in [-0.1, -0.05) is 24.3 Å². The highest BCUT2D eigenvalue weighted by atomic mass is 32.1. The van der Waals surface area contributed by atoms with Crippen LogP contribution in [0.4, 0.5) is 0 Å². The van der Waals surface area contributed by atoms with Crippen LogP contribution in [0.25, 0.3) is 21.3 Å². The molecule has 1 aliphatic heterocycles. The van der Waals surface area contributed by atoms with Crippen LogP contribution in [0.1, 0.15) is 36.1 Å². The maximum atomic E-state index is 4.49. The molecule has 1 unspecified atom stereocenters. The lowest BCUT2D eigenvalue weighted by Gasteiger charge is -2.28. The molecule has 4 nitrogen and oxygen atoms in total. The van der Waals surface area contributed by atoms with E-state index in [1.807, 2.05) is 23.4 Å². The van der Waals surface area contributed by atoms with Gasteiger partial charge in [0.05, 0.1) is 21.9 Å². The summed E-state index contributed by atoms with van der Waals surface area (Å²) in [7, 11) is 1.97. The molecular formula is C23H24N4S. The number of fused-ring (bicyclic) bond motifs is 2. The highest BCUT2D eigenvalue weighted by molar-refractivity contribution is 7.16. The fourth-order valence-electron chi connectivity index (χ4n) is 4.21. The van der Waals surface area contributed by atoms with Crippen LogP contribution in [-0.2, 0) is 20.0 Å². The van der Waals surface area contributed by atoms with Gasteiger partial charge in [0.15, 0.2) is 0 Å². The quantitative estimate of drug-likeness (QED) is 0.483. The van der Waals surface area contributed by atoms with Gasteiger partial charge in [0.1, 0.15) is 0 Å². The van der Waals surface area contributed by atoms with E-state index < -0.39 is 0 Å². The number of hydrogen-bond donors (Lipinski definition) is 0. The molecule has 0 radical (unpaired) electrons. The monoisotopic (exact) mass is 388 g/mol. The first-order valence-electron chi connectivity index (χ1n) is 9.85. The number of nitrogens with zero attached hydrogens (tertiary/aromatic N) is 4. The van der Waals surface area contributed by atoms with Crippen molar-refractivity contribution in [1.29, 1.82) is 0 Å². The number of thiazole rings is 1. The van der Waals surface area contributed by atoms with Gasteiger partial charge in [0, 0.05) is 31.4 Å². The number of hydrogen-bond acceptors (Lipinski definition) is 4. The second-order valence-corrected chi connectivity index (χ2v) is 8.60. The Labute approximate surface area is 169 Å². The maximum absolute atomic E-state index is 4.49. The minimum atomic E-state index is 0.384. The molecule has 5 heteroatoms. The molecular weight excluding hydrogens is 364 g/mol. The summed E-state index contributed by atoms with van der Waals surface area (Å²) < 4.78 is 3.13. The molecule has 0 saturated carbocycles. The fraction of sp³-hybridized carbons (Fsp3) is 0.304. The predicted octanol–water partition coefficient (Wildman–Crippen LogP) is 5.21. The Bertz CT molecular complexity index is 1130. The van der Waals surface area contributed by atoms with Gasteiger partial charge in [0.2, 0.25) is 0 Å². The number of aromatic nitrogens is 3. The molecule has 0 spiro atoms. The molecule has 0 fully saturated rings. The smallest absolute Gasteiger partial charge is 0.0815 e. The van der Waals surface area contributed by atoms with Crippen LogP contribution in [0.3, 0.4) is 0 Å². The average Bonchev–Trinajstić information content (AvgIpc) is 3.30. The zero-order valence-electron chi connectivity index (χ0n) is 16.3. The number of benzene rings is 2. The van der Waals surface area contributed by atoms with E-state index >= 15 is 0 Å². The molecule has 5 rings (SSSR count). The van der Waals surface area contributed by atoms with E-state index in [0.717, 1.165) is 25.0 Å². The van der Waals surface area contributed by atoms with Crippen molar-refractivity contribution in [2.24, 2.45) is 7.05 Å². The Balaban J connectivity index is 1.41. The highest BCUT2D eigenvalue weighted by Gasteiger charge is 2.21. The van der Waals surface area contributed by atoms with Crippen molar-refractivity contribution in [2.75, 3.05) is 6.54 Å². The van der Waals surface area contributed by atoms with Crippen LogP contribution in [0.5, 0.6) is 0 Å². The van der Waals surface area contributed by atoms with Crippen LogP contribution < -0.4 is 0 Å². The third kappa shape index (κ3) is 3.25. The topological polar surface area (TPSA) is 34.0 Å². The lowest BCUT2D eigenvalue weighted by molar-refractivity contribution is 0.205. The van der Waals surface area contributed by atoms with Gasteiger partial charge in [-0.25, -0.2) is 4.98 Å². The SMILES string of the molecule is CC(c1ccc2scnc2c1)N1CCCc2cc(-c3cnn(C)c3)ccc2C1. The Morgan fingerprint density at radius 2 is 2.00 bits per heavy atom. The molecule has 1 atom stereocenters. The third-order valence-electron chi connectivity index (χ3n) is 5.89. The molecule has 0 bridgehead atoms. The summed E-state index contributed by atoms with van der Waals surface area (Å²) in [6, 6.07) is 14.0. The Morgan fingerprint density at radius 3 is 2.86 bits per heavy atom. The molecule has 0 aliphatic carbocycles. The lowest BCUT2D eigenvalue weighted by Crippen LogP contribution is -2.26. The van der Waals surface area contributed by atoms with Crippen LogP contribution in [-0.4, -0.2) is 26.2 Å². The van der Waals surface area contributed by atoms with Crippen LogP contribution in [0.15, 0.2) is 54.3 Å². The minimum Gasteiger partial charge on any atom is -0.292 e. The molecule has 2 aromatic carbocycles. The Morgan fingerprint density at radius 1 is 1.07 bits per heavy atom. The summed E-state index contributed by atoms with van der Waals surface area (Å²) in [4.78, 5) is 7.10. The summed E-state index contributed by atoms with van der Waals surface area (Å²) in [5.41, 5.74) is 9.79. The van der Waals surface area contributed by atoms with Crippen LogP contribution in [0, 0.1) is 0 Å². The summed E-state index contributed by atoms with van der Waals surface area (Å²) >= 11 is 1.71. The predicted molar refractivity (Wildman–Crippen MR) is 115 cm³/mol. The molecule has 0 amide bonds. The third-order valence-corrected chi connectivity index (χ3v) is 6.70. The van der Waals surface area contributed by atoms with E-state index in [-0.39, 0.29) is 0 Å². The summed E-state index contributed by atoms with van der Waals surface area (Å²) in [5, 5.41) is 4.31. The zero-order chi connectivity index (χ0) is 19.1. The van der Waals surface area contributed by atoms with Crippen LogP contribution >= 0.6 is 11.3 Å². The number of rotatable bonds is 3. The van der Waals surface area contributed by atoms with Gasteiger partial charge < -0.3 is 0 Å². The lowest BCUT2D eigenvalue weighted by atomic mass is 9.98. The van der Waals surface area contributed by atoms with Crippen LogP contribution in [0.2, 0.25) is 0 Å². The van der Waals surface area contributed by atoms with Crippen molar-refractivity contribution in [1.82, 2.24) is 19.7 Å². The Kier molecular flexibility index (Phi) is 4.49. The standard InChI is InChI=1S/C23H24N4S/c1-16(17-7-8-23-22(11-17)24-15-28-23)27-9-3-4-18-10-19(5-6-20(18)14-27)21-12-25-26(2)13-21/h5-8,10-13,15-16H,3-4,9,14H2,1-2H3. The number of aryl methyl sites for hydroxylation is 2. The molecule has 2 aromatic heterocycles. The molecule has 0 N–H and O–H groups in total. The minimum absolute atomic E-state index is 0.384. The molecule has 1 aliphatic rings. The molecule has 142 valence electrons. The second-order valence-electron chi connectivity index (χ2n) is 7.72. The van der Waals surface area contributed by atoms with E-state index in [1.165, 1.54) is 38.9 Å². The normalized spacial score (nSPS) is 16.1. The first-order chi connectivity index (χ1) is 13.7. The van der Waals surface area contributed by atoms with Crippen molar-refractivity contribution in [2.45, 2.75) is 32.4 Å². The fourth-order valence-corrected chi connectivity index (χ4v) is 4.87. The summed E-state index contributed by atoms with van der Waals surface area (Å²) in [6.45, 7) is 4.44. The first-order valence-corrected chi connectivity index (χ1v) is 10.7. The van der Waals surface area contributed by atoms with Gasteiger partial charge >= 0.3 is 0 Å². The highest BCUT2D eigenvalue weighted by Crippen LogP contribution is 2.31. The van der Waals surface area contributed by atoms with Gasteiger partial charge in [0.25, 0.3) is 0 Å².